The summed E-state index contributed by atoms with van der Waals surface area (Å²) in [5.74, 6) is 0.396. The Labute approximate surface area is 122 Å². The van der Waals surface area contributed by atoms with Crippen molar-refractivity contribution in [1.29, 1.82) is 0 Å². The number of hydrogen-bond donors (Lipinski definition) is 1. The highest BCUT2D eigenvalue weighted by Gasteiger charge is 2.22. The van der Waals surface area contributed by atoms with Crippen LogP contribution >= 0.6 is 0 Å². The minimum atomic E-state index is -0.219. The Balaban J connectivity index is 1.75. The first-order valence-corrected chi connectivity index (χ1v) is 7.12. The van der Waals surface area contributed by atoms with Crippen LogP contribution in [0.2, 0.25) is 0 Å². The zero-order chi connectivity index (χ0) is 14.7. The van der Waals surface area contributed by atoms with Crippen LogP contribution in [-0.2, 0) is 6.54 Å². The maximum atomic E-state index is 12.0. The molecule has 2 aromatic rings. The second-order valence-electron chi connectivity index (χ2n) is 5.35. The summed E-state index contributed by atoms with van der Waals surface area (Å²) in [6.07, 6.45) is 2.36. The fourth-order valence-corrected chi connectivity index (χ4v) is 2.09. The van der Waals surface area contributed by atoms with Crippen molar-refractivity contribution in [3.8, 4) is 0 Å². The topological polar surface area (TPSA) is 64.0 Å². The van der Waals surface area contributed by atoms with Gasteiger partial charge in [-0.25, -0.2) is 4.68 Å². The maximum absolute atomic E-state index is 12.0. The fourth-order valence-electron chi connectivity index (χ4n) is 2.09. The van der Waals surface area contributed by atoms with Crippen LogP contribution in [0.3, 0.4) is 0 Å². The van der Waals surface area contributed by atoms with Crippen LogP contribution in [0.4, 0.5) is 0 Å². The normalized spacial score (nSPS) is 13.9. The van der Waals surface area contributed by atoms with E-state index in [-0.39, 0.29) is 17.2 Å². The van der Waals surface area contributed by atoms with Crippen LogP contribution in [0.25, 0.3) is 0 Å². The van der Waals surface area contributed by atoms with E-state index in [2.05, 4.69) is 10.4 Å². The van der Waals surface area contributed by atoms with Gasteiger partial charge in [0.2, 0.25) is 0 Å². The molecule has 1 aromatic carbocycles. The molecule has 1 aliphatic rings. The minimum Gasteiger partial charge on any atom is -0.350 e. The summed E-state index contributed by atoms with van der Waals surface area (Å²) in [4.78, 5) is 23.8. The van der Waals surface area contributed by atoms with Gasteiger partial charge in [-0.3, -0.25) is 9.59 Å². The molecule has 0 spiro atoms. The maximum Gasteiger partial charge on any atom is 0.271 e. The molecular weight excluding hydrogens is 266 g/mol. The first-order chi connectivity index (χ1) is 10.2. The third-order valence-electron chi connectivity index (χ3n) is 3.52. The van der Waals surface area contributed by atoms with Gasteiger partial charge in [-0.2, -0.15) is 5.10 Å². The zero-order valence-electron chi connectivity index (χ0n) is 11.7. The Bertz CT molecular complexity index is 690. The first kappa shape index (κ1) is 13.5. The minimum absolute atomic E-state index is 0.211. The van der Waals surface area contributed by atoms with E-state index >= 15 is 0 Å². The predicted molar refractivity (Wildman–Crippen MR) is 79.1 cm³/mol. The third-order valence-corrected chi connectivity index (χ3v) is 3.52. The average Bonchev–Trinajstić information content (AvgIpc) is 3.32. The number of benzene rings is 1. The lowest BCUT2D eigenvalue weighted by atomic mass is 10.2. The SMILES string of the molecule is O=C(NCC1CC1)c1ccc(=O)n(Cc2ccccc2)n1. The molecule has 5 nitrogen and oxygen atoms in total. The zero-order valence-corrected chi connectivity index (χ0v) is 11.7. The highest BCUT2D eigenvalue weighted by Crippen LogP contribution is 2.27. The number of nitrogens with one attached hydrogen (secondary N) is 1. The van der Waals surface area contributed by atoms with Gasteiger partial charge in [-0.1, -0.05) is 30.3 Å². The molecule has 1 saturated carbocycles. The molecule has 21 heavy (non-hydrogen) atoms. The van der Waals surface area contributed by atoms with Crippen LogP contribution in [0.15, 0.2) is 47.3 Å². The summed E-state index contributed by atoms with van der Waals surface area (Å²) in [6, 6.07) is 12.5. The summed E-state index contributed by atoms with van der Waals surface area (Å²) < 4.78 is 1.32. The van der Waals surface area contributed by atoms with Crippen LogP contribution < -0.4 is 10.9 Å². The van der Waals surface area contributed by atoms with Gasteiger partial charge in [0, 0.05) is 12.6 Å². The molecule has 108 valence electrons. The van der Waals surface area contributed by atoms with E-state index in [1.165, 1.54) is 29.7 Å². The smallest absolute Gasteiger partial charge is 0.271 e. The van der Waals surface area contributed by atoms with E-state index in [4.69, 9.17) is 0 Å². The summed E-state index contributed by atoms with van der Waals surface area (Å²) in [5, 5.41) is 7.01. The number of amides is 1. The fraction of sp³-hybridized carbons (Fsp3) is 0.312. The van der Waals surface area contributed by atoms with Gasteiger partial charge < -0.3 is 5.32 Å². The van der Waals surface area contributed by atoms with E-state index in [9.17, 15) is 9.59 Å². The van der Waals surface area contributed by atoms with E-state index in [0.717, 1.165) is 5.56 Å². The van der Waals surface area contributed by atoms with Crippen molar-refractivity contribution in [2.75, 3.05) is 6.54 Å². The molecule has 1 heterocycles. The van der Waals surface area contributed by atoms with Crippen LogP contribution in [0.1, 0.15) is 28.9 Å². The second kappa shape index (κ2) is 5.91. The summed E-state index contributed by atoms with van der Waals surface area (Å²) in [7, 11) is 0. The van der Waals surface area contributed by atoms with Gasteiger partial charge in [0.15, 0.2) is 0 Å². The molecule has 3 rings (SSSR count). The van der Waals surface area contributed by atoms with Gasteiger partial charge >= 0.3 is 0 Å². The van der Waals surface area contributed by atoms with Crippen molar-refractivity contribution < 1.29 is 4.79 Å². The standard InChI is InChI=1S/C16H17N3O2/c20-15-9-8-14(16(21)17-10-12-6-7-12)18-19(15)11-13-4-2-1-3-5-13/h1-5,8-9,12H,6-7,10-11H2,(H,17,21). The number of hydrogen-bond acceptors (Lipinski definition) is 3. The third kappa shape index (κ3) is 3.56. The number of aromatic nitrogens is 2. The average molecular weight is 283 g/mol. The molecule has 1 amide bonds. The molecule has 0 atom stereocenters. The lowest BCUT2D eigenvalue weighted by Gasteiger charge is -2.07. The van der Waals surface area contributed by atoms with Gasteiger partial charge in [0.05, 0.1) is 6.54 Å². The van der Waals surface area contributed by atoms with Crippen LogP contribution in [0, 0.1) is 5.92 Å². The summed E-state index contributed by atoms with van der Waals surface area (Å²) in [6.45, 7) is 1.06. The molecule has 0 aliphatic heterocycles. The van der Waals surface area contributed by atoms with Crippen molar-refractivity contribution in [3.05, 3.63) is 64.1 Å². The Morgan fingerprint density at radius 1 is 1.19 bits per heavy atom. The molecule has 0 unspecified atom stereocenters. The van der Waals surface area contributed by atoms with Crippen LogP contribution in [0.5, 0.6) is 0 Å². The van der Waals surface area contributed by atoms with Gasteiger partial charge in [-0.15, -0.1) is 0 Å². The van der Waals surface area contributed by atoms with Crippen molar-refractivity contribution in [2.24, 2.45) is 5.92 Å². The molecule has 0 radical (unpaired) electrons. The highest BCUT2D eigenvalue weighted by atomic mass is 16.2. The predicted octanol–water partition coefficient (Wildman–Crippen LogP) is 1.43. The van der Waals surface area contributed by atoms with E-state index in [1.807, 2.05) is 30.3 Å². The molecule has 1 fully saturated rings. The van der Waals surface area contributed by atoms with Crippen molar-refractivity contribution in [1.82, 2.24) is 15.1 Å². The molecule has 0 bridgehead atoms. The lowest BCUT2D eigenvalue weighted by Crippen LogP contribution is -2.30. The number of nitrogens with zero attached hydrogens (tertiary/aromatic N) is 2. The highest BCUT2D eigenvalue weighted by molar-refractivity contribution is 5.91. The van der Waals surface area contributed by atoms with Crippen molar-refractivity contribution >= 4 is 5.91 Å². The summed E-state index contributed by atoms with van der Waals surface area (Å²) in [5.41, 5.74) is 1.05. The number of rotatable bonds is 5. The Morgan fingerprint density at radius 3 is 2.67 bits per heavy atom. The van der Waals surface area contributed by atoms with Crippen molar-refractivity contribution in [3.63, 3.8) is 0 Å². The van der Waals surface area contributed by atoms with Crippen molar-refractivity contribution in [2.45, 2.75) is 19.4 Å². The lowest BCUT2D eigenvalue weighted by molar-refractivity contribution is 0.0944. The molecule has 1 aliphatic carbocycles. The van der Waals surface area contributed by atoms with Crippen LogP contribution in [-0.4, -0.2) is 22.2 Å². The Kier molecular flexibility index (Phi) is 3.81. The molecule has 0 saturated heterocycles. The molecular formula is C16H17N3O2. The van der Waals surface area contributed by atoms with Gasteiger partial charge in [0.1, 0.15) is 5.69 Å². The quantitative estimate of drug-likeness (QED) is 0.903. The second-order valence-corrected chi connectivity index (χ2v) is 5.35. The summed E-state index contributed by atoms with van der Waals surface area (Å²) >= 11 is 0. The van der Waals surface area contributed by atoms with Gasteiger partial charge in [-0.05, 0) is 30.4 Å². The first-order valence-electron chi connectivity index (χ1n) is 7.12. The number of carbonyl (C=O) groups excluding carboxylic acids is 1. The Hall–Kier alpha value is -2.43. The monoisotopic (exact) mass is 283 g/mol. The number of carbonyl (C=O) groups is 1. The van der Waals surface area contributed by atoms with E-state index < -0.39 is 0 Å². The molecule has 1 aromatic heterocycles. The molecule has 5 heteroatoms. The Morgan fingerprint density at radius 2 is 1.95 bits per heavy atom. The van der Waals surface area contributed by atoms with Gasteiger partial charge in [0.25, 0.3) is 11.5 Å². The molecule has 1 N–H and O–H groups in total. The van der Waals surface area contributed by atoms with E-state index in [1.54, 1.807) is 0 Å². The van der Waals surface area contributed by atoms with E-state index in [0.29, 0.717) is 19.0 Å². The largest absolute Gasteiger partial charge is 0.350 e.